The number of hydrogen-bond donors (Lipinski definition) is 1. The summed E-state index contributed by atoms with van der Waals surface area (Å²) < 4.78 is 13.2. The van der Waals surface area contributed by atoms with Crippen molar-refractivity contribution in [1.29, 1.82) is 0 Å². The number of likely N-dealkylation sites (tertiary alicyclic amines) is 1. The summed E-state index contributed by atoms with van der Waals surface area (Å²) in [7, 11) is 0. The van der Waals surface area contributed by atoms with Gasteiger partial charge >= 0.3 is 0 Å². The van der Waals surface area contributed by atoms with Gasteiger partial charge in [0.05, 0.1) is 0 Å². The minimum absolute atomic E-state index is 0.0357. The van der Waals surface area contributed by atoms with Crippen LogP contribution in [0.25, 0.3) is 0 Å². The molecule has 2 fully saturated rings. The lowest BCUT2D eigenvalue weighted by Crippen LogP contribution is -2.49. The van der Waals surface area contributed by atoms with Crippen molar-refractivity contribution in [3.63, 3.8) is 0 Å². The first-order valence-corrected chi connectivity index (χ1v) is 7.38. The molecule has 1 aromatic carbocycles. The third-order valence-electron chi connectivity index (χ3n) is 4.58. The molecule has 108 valence electrons. The van der Waals surface area contributed by atoms with Crippen molar-refractivity contribution in [1.82, 2.24) is 4.90 Å². The lowest BCUT2D eigenvalue weighted by molar-refractivity contribution is -0.136. The number of rotatable bonds is 2. The molecule has 0 spiro atoms. The normalized spacial score (nSPS) is 33.0. The number of benzene rings is 1. The molecule has 0 bridgehead atoms. The van der Waals surface area contributed by atoms with Crippen molar-refractivity contribution in [2.45, 2.75) is 44.2 Å². The van der Waals surface area contributed by atoms with Gasteiger partial charge in [0.25, 0.3) is 0 Å². The zero-order chi connectivity index (χ0) is 14.3. The van der Waals surface area contributed by atoms with Gasteiger partial charge in [-0.15, -0.1) is 0 Å². The summed E-state index contributed by atoms with van der Waals surface area (Å²) in [5.74, 6) is 0.228. The van der Waals surface area contributed by atoms with Crippen LogP contribution in [0.1, 0.15) is 37.7 Å². The fourth-order valence-electron chi connectivity index (χ4n) is 3.32. The molecule has 4 atom stereocenters. The number of nitrogens with two attached hydrogens (primary N) is 1. The summed E-state index contributed by atoms with van der Waals surface area (Å²) in [6.07, 6.45) is 2.61. The number of nitrogens with zero attached hydrogens (tertiary/aromatic N) is 1. The van der Waals surface area contributed by atoms with Crippen LogP contribution in [0.4, 0.5) is 4.39 Å². The van der Waals surface area contributed by atoms with Crippen LogP contribution in [-0.2, 0) is 4.79 Å². The van der Waals surface area contributed by atoms with Crippen LogP contribution >= 0.6 is 0 Å². The first-order valence-electron chi connectivity index (χ1n) is 7.38. The fourth-order valence-corrected chi connectivity index (χ4v) is 3.32. The van der Waals surface area contributed by atoms with Gasteiger partial charge < -0.3 is 10.6 Å². The van der Waals surface area contributed by atoms with E-state index in [0.29, 0.717) is 0 Å². The maximum atomic E-state index is 13.2. The third-order valence-corrected chi connectivity index (χ3v) is 4.58. The van der Waals surface area contributed by atoms with Crippen molar-refractivity contribution >= 4 is 5.91 Å². The van der Waals surface area contributed by atoms with Crippen LogP contribution < -0.4 is 5.73 Å². The highest BCUT2D eigenvalue weighted by molar-refractivity contribution is 5.83. The zero-order valence-corrected chi connectivity index (χ0v) is 11.8. The number of amides is 1. The number of piperidine rings is 1. The monoisotopic (exact) mass is 276 g/mol. The lowest BCUT2D eigenvalue weighted by atomic mass is 9.98. The van der Waals surface area contributed by atoms with E-state index in [4.69, 9.17) is 5.73 Å². The van der Waals surface area contributed by atoms with Crippen LogP contribution in [-0.4, -0.2) is 29.4 Å². The smallest absolute Gasteiger partial charge is 0.226 e. The van der Waals surface area contributed by atoms with E-state index in [9.17, 15) is 9.18 Å². The lowest BCUT2D eigenvalue weighted by Gasteiger charge is -2.36. The molecule has 0 aromatic heterocycles. The first-order chi connectivity index (χ1) is 9.56. The molecule has 2 N–H and O–H groups in total. The predicted molar refractivity (Wildman–Crippen MR) is 75.6 cm³/mol. The van der Waals surface area contributed by atoms with Crippen molar-refractivity contribution in [3.05, 3.63) is 35.6 Å². The highest BCUT2D eigenvalue weighted by Gasteiger charge is 2.47. The van der Waals surface area contributed by atoms with Gasteiger partial charge in [-0.3, -0.25) is 4.79 Å². The molecule has 4 heteroatoms. The van der Waals surface area contributed by atoms with Gasteiger partial charge in [-0.25, -0.2) is 4.39 Å². The molecular weight excluding hydrogens is 255 g/mol. The van der Waals surface area contributed by atoms with Crippen molar-refractivity contribution < 1.29 is 9.18 Å². The van der Waals surface area contributed by atoms with Gasteiger partial charge in [-0.1, -0.05) is 12.1 Å². The molecule has 20 heavy (non-hydrogen) atoms. The molecule has 1 aliphatic heterocycles. The standard InChI is InChI=1S/C16H21FN2O/c1-10-7-13(18)5-6-19(10)16(20)15-9-14(15)11-3-2-4-12(17)8-11/h2-4,8,10,13-15H,5-7,9,18H2,1H3/t10-,13-,14+,15-/m1/s1. The molecule has 3 nitrogen and oxygen atoms in total. The molecule has 2 aliphatic rings. The van der Waals surface area contributed by atoms with Crippen molar-refractivity contribution in [3.8, 4) is 0 Å². The number of halogens is 1. The SMILES string of the molecule is C[C@@H]1C[C@H](N)CCN1C(=O)[C@@H]1C[C@H]1c1cccc(F)c1. The van der Waals surface area contributed by atoms with Gasteiger partial charge in [0, 0.05) is 24.5 Å². The molecule has 1 amide bonds. The molecule has 3 rings (SSSR count). The predicted octanol–water partition coefficient (Wildman–Crippen LogP) is 2.27. The Bertz CT molecular complexity index is 519. The van der Waals surface area contributed by atoms with Crippen LogP contribution in [0.5, 0.6) is 0 Å². The molecule has 0 unspecified atom stereocenters. The highest BCUT2D eigenvalue weighted by atomic mass is 19.1. The summed E-state index contributed by atoms with van der Waals surface area (Å²) in [4.78, 5) is 14.5. The molecule has 1 aliphatic carbocycles. The Morgan fingerprint density at radius 3 is 2.90 bits per heavy atom. The number of carbonyl (C=O) groups is 1. The highest BCUT2D eigenvalue weighted by Crippen LogP contribution is 2.49. The van der Waals surface area contributed by atoms with E-state index >= 15 is 0 Å². The van der Waals surface area contributed by atoms with Crippen LogP contribution in [0.3, 0.4) is 0 Å². The second-order valence-electron chi connectivity index (χ2n) is 6.17. The van der Waals surface area contributed by atoms with Crippen molar-refractivity contribution in [2.75, 3.05) is 6.54 Å². The number of hydrogen-bond acceptors (Lipinski definition) is 2. The average molecular weight is 276 g/mol. The Morgan fingerprint density at radius 1 is 1.40 bits per heavy atom. The summed E-state index contributed by atoms with van der Waals surface area (Å²) in [5, 5.41) is 0. The second-order valence-corrected chi connectivity index (χ2v) is 6.17. The summed E-state index contributed by atoms with van der Waals surface area (Å²) in [6, 6.07) is 7.06. The third kappa shape index (κ3) is 2.57. The Labute approximate surface area is 118 Å². The minimum Gasteiger partial charge on any atom is -0.340 e. The maximum absolute atomic E-state index is 13.2. The topological polar surface area (TPSA) is 46.3 Å². The van der Waals surface area contributed by atoms with Gasteiger partial charge in [0.15, 0.2) is 0 Å². The van der Waals surface area contributed by atoms with E-state index in [2.05, 4.69) is 6.92 Å². The van der Waals surface area contributed by atoms with E-state index in [1.54, 1.807) is 12.1 Å². The Morgan fingerprint density at radius 2 is 2.20 bits per heavy atom. The summed E-state index contributed by atoms with van der Waals surface area (Å²) in [5.41, 5.74) is 6.88. The number of carbonyl (C=O) groups excluding carboxylic acids is 1. The molecule has 1 saturated heterocycles. The summed E-state index contributed by atoms with van der Waals surface area (Å²) >= 11 is 0. The maximum Gasteiger partial charge on any atom is 0.226 e. The fraction of sp³-hybridized carbons (Fsp3) is 0.562. The summed E-state index contributed by atoms with van der Waals surface area (Å²) in [6.45, 7) is 2.82. The van der Waals surface area contributed by atoms with Gasteiger partial charge in [0.2, 0.25) is 5.91 Å². The van der Waals surface area contributed by atoms with E-state index in [0.717, 1.165) is 31.4 Å². The molecule has 1 saturated carbocycles. The van der Waals surface area contributed by atoms with Crippen LogP contribution in [0.2, 0.25) is 0 Å². The second kappa shape index (κ2) is 5.17. The Hall–Kier alpha value is -1.42. The van der Waals surface area contributed by atoms with E-state index in [1.807, 2.05) is 11.0 Å². The largest absolute Gasteiger partial charge is 0.340 e. The first kappa shape index (κ1) is 13.6. The molecule has 1 heterocycles. The van der Waals surface area contributed by atoms with E-state index in [-0.39, 0.29) is 35.6 Å². The zero-order valence-electron chi connectivity index (χ0n) is 11.8. The molecular formula is C16H21FN2O. The Kier molecular flexibility index (Phi) is 3.50. The van der Waals surface area contributed by atoms with E-state index < -0.39 is 0 Å². The van der Waals surface area contributed by atoms with Crippen molar-refractivity contribution in [2.24, 2.45) is 11.7 Å². The molecule has 0 radical (unpaired) electrons. The quantitative estimate of drug-likeness (QED) is 0.900. The van der Waals surface area contributed by atoms with Crippen LogP contribution in [0, 0.1) is 11.7 Å². The average Bonchev–Trinajstić information content (AvgIpc) is 3.18. The molecule has 1 aromatic rings. The van der Waals surface area contributed by atoms with Gasteiger partial charge in [-0.05, 0) is 49.8 Å². The Balaban J connectivity index is 1.65. The van der Waals surface area contributed by atoms with Gasteiger partial charge in [-0.2, -0.15) is 0 Å². The van der Waals surface area contributed by atoms with E-state index in [1.165, 1.54) is 6.07 Å². The minimum atomic E-state index is -0.224. The van der Waals surface area contributed by atoms with Crippen LogP contribution in [0.15, 0.2) is 24.3 Å². The van der Waals surface area contributed by atoms with Gasteiger partial charge in [0.1, 0.15) is 5.82 Å².